The van der Waals surface area contributed by atoms with E-state index in [1.165, 1.54) is 20.1 Å². The molecule has 0 aliphatic carbocycles. The third-order valence-electron chi connectivity index (χ3n) is 1.32. The van der Waals surface area contributed by atoms with Crippen molar-refractivity contribution in [1.29, 1.82) is 0 Å². The molecule has 0 aromatic heterocycles. The van der Waals surface area contributed by atoms with E-state index >= 15 is 0 Å². The number of nitrogens with zero attached hydrogens (tertiary/aromatic N) is 1. The van der Waals surface area contributed by atoms with Crippen molar-refractivity contribution in [3.05, 3.63) is 23.9 Å². The molecule has 0 heterocycles. The Morgan fingerprint density at radius 3 is 2.46 bits per heavy atom. The van der Waals surface area contributed by atoms with E-state index in [4.69, 9.17) is 9.84 Å². The van der Waals surface area contributed by atoms with E-state index in [1.54, 1.807) is 6.92 Å². The number of rotatable bonds is 3. The zero-order valence-electron chi connectivity index (χ0n) is 8.00. The van der Waals surface area contributed by atoms with Crippen LogP contribution < -0.4 is 0 Å². The van der Waals surface area contributed by atoms with Crippen LogP contribution in [0.3, 0.4) is 0 Å². The van der Waals surface area contributed by atoms with Crippen LogP contribution in [0.4, 0.5) is 0 Å². The first-order chi connectivity index (χ1) is 5.97. The summed E-state index contributed by atoms with van der Waals surface area (Å²) in [5, 5.41) is 8.53. The zero-order valence-corrected chi connectivity index (χ0v) is 8.00. The summed E-state index contributed by atoms with van der Waals surface area (Å²) in [6.45, 7) is 6.70. The first kappa shape index (κ1) is 11.4. The van der Waals surface area contributed by atoms with Gasteiger partial charge in [0, 0.05) is 12.5 Å². The smallest absolute Gasteiger partial charge is 0.331 e. The van der Waals surface area contributed by atoms with Crippen LogP contribution in [0.15, 0.2) is 28.9 Å². The van der Waals surface area contributed by atoms with Crippen molar-refractivity contribution in [3.63, 3.8) is 0 Å². The van der Waals surface area contributed by atoms with E-state index in [0.717, 1.165) is 0 Å². The summed E-state index contributed by atoms with van der Waals surface area (Å²) in [5.74, 6) is -0.536. The van der Waals surface area contributed by atoms with E-state index in [2.05, 4.69) is 11.6 Å². The lowest BCUT2D eigenvalue weighted by molar-refractivity contribution is -0.132. The molecule has 0 amide bonds. The Morgan fingerprint density at radius 2 is 2.08 bits per heavy atom. The van der Waals surface area contributed by atoms with Gasteiger partial charge >= 0.3 is 5.97 Å². The zero-order chi connectivity index (χ0) is 10.4. The molecule has 0 fully saturated rings. The van der Waals surface area contributed by atoms with Gasteiger partial charge in [-0.25, -0.2) is 9.79 Å². The molecule has 0 radical (unpaired) electrons. The number of hydrogen-bond donors (Lipinski definition) is 1. The molecular formula is C9H13NO3. The number of aliphatic carboxylic acids is 1. The molecule has 4 heteroatoms. The highest BCUT2D eigenvalue weighted by atomic mass is 16.5. The number of aliphatic imine (C=N–C) groups is 1. The van der Waals surface area contributed by atoms with Crippen LogP contribution in [0.5, 0.6) is 0 Å². The Balaban J connectivity index is 4.48. The van der Waals surface area contributed by atoms with Gasteiger partial charge in [0.05, 0.1) is 12.8 Å². The summed E-state index contributed by atoms with van der Waals surface area (Å²) in [7, 11) is 1.49. The standard InChI is InChI=1S/C9H13NO3/c1-6(9(11)12)5-7(2)10-8(3)13-4/h5H,2H2,1,3-4H3,(H,11,12)/b6-5+,10-8?. The van der Waals surface area contributed by atoms with E-state index in [1.807, 2.05) is 0 Å². The highest BCUT2D eigenvalue weighted by Crippen LogP contribution is 2.02. The Bertz CT molecular complexity index is 277. The molecule has 0 aromatic carbocycles. The van der Waals surface area contributed by atoms with Crippen molar-refractivity contribution in [2.45, 2.75) is 13.8 Å². The predicted octanol–water partition coefficient (Wildman–Crippen LogP) is 1.60. The van der Waals surface area contributed by atoms with Gasteiger partial charge in [-0.1, -0.05) is 6.58 Å². The molecule has 0 unspecified atom stereocenters. The van der Waals surface area contributed by atoms with Gasteiger partial charge in [-0.15, -0.1) is 0 Å². The number of allylic oxidation sites excluding steroid dienone is 1. The Morgan fingerprint density at radius 1 is 1.54 bits per heavy atom. The fourth-order valence-electron chi connectivity index (χ4n) is 0.592. The lowest BCUT2D eigenvalue weighted by Crippen LogP contribution is -1.97. The normalized spacial score (nSPS) is 12.5. The minimum atomic E-state index is -0.980. The topological polar surface area (TPSA) is 58.9 Å². The number of carboxylic acids is 1. The molecule has 72 valence electrons. The second kappa shape index (κ2) is 5.13. The van der Waals surface area contributed by atoms with Crippen molar-refractivity contribution < 1.29 is 14.6 Å². The van der Waals surface area contributed by atoms with Gasteiger partial charge in [-0.05, 0) is 13.0 Å². The molecule has 4 nitrogen and oxygen atoms in total. The second-order valence-electron chi connectivity index (χ2n) is 2.46. The molecule has 0 spiro atoms. The van der Waals surface area contributed by atoms with E-state index in [-0.39, 0.29) is 5.57 Å². The average molecular weight is 183 g/mol. The van der Waals surface area contributed by atoms with E-state index < -0.39 is 5.97 Å². The molecule has 1 N–H and O–H groups in total. The third kappa shape index (κ3) is 4.79. The molecule has 0 aliphatic rings. The van der Waals surface area contributed by atoms with E-state index in [9.17, 15) is 4.79 Å². The Labute approximate surface area is 77.2 Å². The van der Waals surface area contributed by atoms with Crippen molar-refractivity contribution in [2.24, 2.45) is 4.99 Å². The predicted molar refractivity (Wildman–Crippen MR) is 50.7 cm³/mol. The van der Waals surface area contributed by atoms with Gasteiger partial charge in [-0.3, -0.25) is 0 Å². The first-order valence-electron chi connectivity index (χ1n) is 3.67. The van der Waals surface area contributed by atoms with Crippen LogP contribution in [0.1, 0.15) is 13.8 Å². The summed E-state index contributed by atoms with van der Waals surface area (Å²) in [6, 6.07) is 0. The molecule has 0 bridgehead atoms. The summed E-state index contributed by atoms with van der Waals surface area (Å²) < 4.78 is 4.78. The van der Waals surface area contributed by atoms with Gasteiger partial charge in [0.1, 0.15) is 0 Å². The summed E-state index contributed by atoms with van der Waals surface area (Å²) >= 11 is 0. The average Bonchev–Trinajstić information content (AvgIpc) is 2.03. The van der Waals surface area contributed by atoms with Crippen molar-refractivity contribution >= 4 is 11.9 Å². The van der Waals surface area contributed by atoms with Crippen LogP contribution in [-0.4, -0.2) is 24.1 Å². The lowest BCUT2D eigenvalue weighted by atomic mass is 10.2. The lowest BCUT2D eigenvalue weighted by Gasteiger charge is -1.97. The van der Waals surface area contributed by atoms with Crippen molar-refractivity contribution in [3.8, 4) is 0 Å². The molecule has 0 rings (SSSR count). The van der Waals surface area contributed by atoms with Crippen LogP contribution in [0, 0.1) is 0 Å². The van der Waals surface area contributed by atoms with Crippen LogP contribution in [-0.2, 0) is 9.53 Å². The monoisotopic (exact) mass is 183 g/mol. The quantitative estimate of drug-likeness (QED) is 0.313. The largest absolute Gasteiger partial charge is 0.484 e. The van der Waals surface area contributed by atoms with E-state index in [0.29, 0.717) is 11.6 Å². The SMILES string of the molecule is C=C(/C=C(\C)C(=O)O)N=C(C)OC. The maximum atomic E-state index is 10.4. The van der Waals surface area contributed by atoms with Gasteiger partial charge in [-0.2, -0.15) is 0 Å². The number of methoxy groups -OCH3 is 1. The Kier molecular flexibility index (Phi) is 4.51. The first-order valence-corrected chi connectivity index (χ1v) is 3.67. The Hall–Kier alpha value is -1.58. The van der Waals surface area contributed by atoms with Crippen molar-refractivity contribution in [1.82, 2.24) is 0 Å². The molecular weight excluding hydrogens is 170 g/mol. The third-order valence-corrected chi connectivity index (χ3v) is 1.32. The number of hydrogen-bond acceptors (Lipinski definition) is 3. The molecule has 0 aliphatic heterocycles. The number of carboxylic acid groups (broad SMARTS) is 1. The van der Waals surface area contributed by atoms with Gasteiger partial charge in [0.15, 0.2) is 5.90 Å². The molecule has 0 saturated carbocycles. The highest BCUT2D eigenvalue weighted by molar-refractivity contribution is 5.86. The summed E-state index contributed by atoms with van der Waals surface area (Å²) in [4.78, 5) is 14.3. The van der Waals surface area contributed by atoms with Gasteiger partial charge in [0.2, 0.25) is 0 Å². The summed E-state index contributed by atoms with van der Waals surface area (Å²) in [6.07, 6.45) is 1.38. The number of carbonyl (C=O) groups is 1. The second-order valence-corrected chi connectivity index (χ2v) is 2.46. The minimum absolute atomic E-state index is 0.192. The fourth-order valence-corrected chi connectivity index (χ4v) is 0.592. The van der Waals surface area contributed by atoms with Crippen molar-refractivity contribution in [2.75, 3.05) is 7.11 Å². The van der Waals surface area contributed by atoms with Gasteiger partial charge < -0.3 is 9.84 Å². The van der Waals surface area contributed by atoms with Gasteiger partial charge in [0.25, 0.3) is 0 Å². The molecule has 13 heavy (non-hydrogen) atoms. The maximum Gasteiger partial charge on any atom is 0.331 e. The van der Waals surface area contributed by atoms with Crippen LogP contribution in [0.2, 0.25) is 0 Å². The van der Waals surface area contributed by atoms with Crippen LogP contribution >= 0.6 is 0 Å². The minimum Gasteiger partial charge on any atom is -0.484 e. The highest BCUT2D eigenvalue weighted by Gasteiger charge is 1.99. The fraction of sp³-hybridized carbons (Fsp3) is 0.333. The molecule has 0 atom stereocenters. The summed E-state index contributed by atoms with van der Waals surface area (Å²) in [5.41, 5.74) is 0.553. The number of ether oxygens (including phenoxy) is 1. The molecule has 0 saturated heterocycles. The van der Waals surface area contributed by atoms with Crippen LogP contribution in [0.25, 0.3) is 0 Å². The molecule has 0 aromatic rings. The maximum absolute atomic E-state index is 10.4.